The number of rotatable bonds is 4. The predicted molar refractivity (Wildman–Crippen MR) is 82.5 cm³/mol. The van der Waals surface area contributed by atoms with E-state index in [1.54, 1.807) is 20.3 Å². The van der Waals surface area contributed by atoms with Crippen molar-refractivity contribution in [3.63, 3.8) is 0 Å². The SMILES string of the molecule is COc1cc(OC)cc(C(O)c2cc(Br)ccc2C)c1. The normalized spacial score (nSPS) is 12.1. The maximum atomic E-state index is 10.6. The lowest BCUT2D eigenvalue weighted by atomic mass is 9.97. The number of halogens is 1. The Morgan fingerprint density at radius 2 is 1.60 bits per heavy atom. The molecule has 0 spiro atoms. The molecular weight excluding hydrogens is 320 g/mol. The van der Waals surface area contributed by atoms with E-state index < -0.39 is 6.10 Å². The quantitative estimate of drug-likeness (QED) is 0.921. The maximum absolute atomic E-state index is 10.6. The lowest BCUT2D eigenvalue weighted by Gasteiger charge is -2.16. The summed E-state index contributed by atoms with van der Waals surface area (Å²) in [7, 11) is 3.19. The molecule has 3 nitrogen and oxygen atoms in total. The van der Waals surface area contributed by atoms with Crippen molar-refractivity contribution in [1.82, 2.24) is 0 Å². The molecule has 0 heterocycles. The van der Waals surface area contributed by atoms with Gasteiger partial charge in [-0.3, -0.25) is 0 Å². The molecule has 0 amide bonds. The maximum Gasteiger partial charge on any atom is 0.122 e. The number of hydrogen-bond acceptors (Lipinski definition) is 3. The minimum atomic E-state index is -0.725. The van der Waals surface area contributed by atoms with Crippen LogP contribution in [-0.4, -0.2) is 19.3 Å². The molecule has 2 aromatic carbocycles. The summed E-state index contributed by atoms with van der Waals surface area (Å²) in [4.78, 5) is 0. The molecule has 0 fully saturated rings. The standard InChI is InChI=1S/C16H17BrO3/c1-10-4-5-12(17)8-15(10)16(18)11-6-13(19-2)9-14(7-11)20-3/h4-9,16,18H,1-3H3. The van der Waals surface area contributed by atoms with E-state index in [9.17, 15) is 5.11 Å². The molecule has 106 valence electrons. The van der Waals surface area contributed by atoms with Crippen LogP contribution in [0.2, 0.25) is 0 Å². The number of hydrogen-bond donors (Lipinski definition) is 1. The first kappa shape index (κ1) is 14.9. The van der Waals surface area contributed by atoms with Crippen LogP contribution in [0.1, 0.15) is 22.8 Å². The minimum Gasteiger partial charge on any atom is -0.497 e. The average Bonchev–Trinajstić information content (AvgIpc) is 2.48. The molecule has 1 atom stereocenters. The van der Waals surface area contributed by atoms with Gasteiger partial charge in [0.05, 0.1) is 14.2 Å². The summed E-state index contributed by atoms with van der Waals surface area (Å²) >= 11 is 3.43. The molecule has 1 unspecified atom stereocenters. The highest BCUT2D eigenvalue weighted by atomic mass is 79.9. The van der Waals surface area contributed by atoms with Gasteiger partial charge in [0.15, 0.2) is 0 Å². The van der Waals surface area contributed by atoms with Gasteiger partial charge in [-0.15, -0.1) is 0 Å². The van der Waals surface area contributed by atoms with Crippen molar-refractivity contribution in [2.24, 2.45) is 0 Å². The van der Waals surface area contributed by atoms with Gasteiger partial charge in [0.1, 0.15) is 17.6 Å². The molecule has 0 saturated heterocycles. The molecule has 0 aliphatic heterocycles. The fourth-order valence-corrected chi connectivity index (χ4v) is 2.45. The molecule has 2 aromatic rings. The summed E-state index contributed by atoms with van der Waals surface area (Å²) in [5, 5.41) is 10.6. The van der Waals surface area contributed by atoms with Crippen molar-refractivity contribution < 1.29 is 14.6 Å². The van der Waals surface area contributed by atoms with Gasteiger partial charge in [0.25, 0.3) is 0 Å². The molecule has 4 heteroatoms. The van der Waals surface area contributed by atoms with E-state index in [4.69, 9.17) is 9.47 Å². The highest BCUT2D eigenvalue weighted by Gasteiger charge is 2.15. The van der Waals surface area contributed by atoms with Crippen molar-refractivity contribution in [3.05, 3.63) is 57.6 Å². The Morgan fingerprint density at radius 3 is 2.15 bits per heavy atom. The monoisotopic (exact) mass is 336 g/mol. The van der Waals surface area contributed by atoms with Crippen molar-refractivity contribution in [2.75, 3.05) is 14.2 Å². The zero-order valence-corrected chi connectivity index (χ0v) is 13.3. The Balaban J connectivity index is 2.46. The highest BCUT2D eigenvalue weighted by Crippen LogP contribution is 2.32. The molecule has 0 radical (unpaired) electrons. The summed E-state index contributed by atoms with van der Waals surface area (Å²) in [6.45, 7) is 1.97. The predicted octanol–water partition coefficient (Wildman–Crippen LogP) is 3.86. The van der Waals surface area contributed by atoms with Crippen LogP contribution in [0.25, 0.3) is 0 Å². The van der Waals surface area contributed by atoms with Crippen LogP contribution >= 0.6 is 15.9 Å². The summed E-state index contributed by atoms with van der Waals surface area (Å²) in [5.74, 6) is 1.32. The second-order valence-corrected chi connectivity index (χ2v) is 5.47. The first-order chi connectivity index (χ1) is 9.55. The first-order valence-electron chi connectivity index (χ1n) is 6.22. The number of ether oxygens (including phenoxy) is 2. The molecule has 2 rings (SSSR count). The van der Waals surface area contributed by atoms with E-state index in [-0.39, 0.29) is 0 Å². The topological polar surface area (TPSA) is 38.7 Å². The molecule has 20 heavy (non-hydrogen) atoms. The first-order valence-corrected chi connectivity index (χ1v) is 7.01. The van der Waals surface area contributed by atoms with Gasteiger partial charge < -0.3 is 14.6 Å². The van der Waals surface area contributed by atoms with Crippen molar-refractivity contribution in [1.29, 1.82) is 0 Å². The smallest absolute Gasteiger partial charge is 0.122 e. The minimum absolute atomic E-state index is 0.658. The lowest BCUT2D eigenvalue weighted by molar-refractivity contribution is 0.218. The van der Waals surface area contributed by atoms with Crippen molar-refractivity contribution in [2.45, 2.75) is 13.0 Å². The largest absolute Gasteiger partial charge is 0.497 e. The summed E-state index contributed by atoms with van der Waals surface area (Å²) in [6, 6.07) is 11.3. The molecular formula is C16H17BrO3. The zero-order chi connectivity index (χ0) is 14.7. The number of benzene rings is 2. The molecule has 1 N–H and O–H groups in total. The van der Waals surface area contributed by atoms with Gasteiger partial charge in [-0.2, -0.15) is 0 Å². The molecule has 0 aliphatic carbocycles. The highest BCUT2D eigenvalue weighted by molar-refractivity contribution is 9.10. The third kappa shape index (κ3) is 3.14. The lowest BCUT2D eigenvalue weighted by Crippen LogP contribution is -2.03. The van der Waals surface area contributed by atoms with E-state index in [1.807, 2.05) is 37.3 Å². The van der Waals surface area contributed by atoms with Crippen molar-refractivity contribution >= 4 is 15.9 Å². The third-order valence-electron chi connectivity index (χ3n) is 3.23. The van der Waals surface area contributed by atoms with Crippen LogP contribution in [0.4, 0.5) is 0 Å². The van der Waals surface area contributed by atoms with Gasteiger partial charge in [0, 0.05) is 10.5 Å². The Hall–Kier alpha value is -1.52. The second kappa shape index (κ2) is 6.29. The van der Waals surface area contributed by atoms with E-state index in [2.05, 4.69) is 15.9 Å². The van der Waals surface area contributed by atoms with Gasteiger partial charge in [-0.05, 0) is 47.9 Å². The van der Waals surface area contributed by atoms with Gasteiger partial charge >= 0.3 is 0 Å². The van der Waals surface area contributed by atoms with Crippen LogP contribution < -0.4 is 9.47 Å². The fourth-order valence-electron chi connectivity index (χ4n) is 2.07. The molecule has 0 aromatic heterocycles. The molecule has 0 aliphatic rings. The van der Waals surface area contributed by atoms with Crippen LogP contribution in [0.5, 0.6) is 11.5 Å². The second-order valence-electron chi connectivity index (χ2n) is 4.55. The van der Waals surface area contributed by atoms with Crippen LogP contribution in [0, 0.1) is 6.92 Å². The Morgan fingerprint density at radius 1 is 1.00 bits per heavy atom. The number of aliphatic hydroxyl groups excluding tert-OH is 1. The molecule has 0 bridgehead atoms. The van der Waals surface area contributed by atoms with Crippen LogP contribution in [-0.2, 0) is 0 Å². The average molecular weight is 337 g/mol. The summed E-state index contributed by atoms with van der Waals surface area (Å²) < 4.78 is 11.4. The van der Waals surface area contributed by atoms with Gasteiger partial charge in [-0.25, -0.2) is 0 Å². The summed E-state index contributed by atoms with van der Waals surface area (Å²) in [6.07, 6.45) is -0.725. The van der Waals surface area contributed by atoms with Crippen LogP contribution in [0.15, 0.2) is 40.9 Å². The van der Waals surface area contributed by atoms with Crippen molar-refractivity contribution in [3.8, 4) is 11.5 Å². The Labute approximate surface area is 127 Å². The summed E-state index contributed by atoms with van der Waals surface area (Å²) in [5.41, 5.74) is 2.62. The third-order valence-corrected chi connectivity index (χ3v) is 3.72. The number of aliphatic hydroxyl groups is 1. The van der Waals surface area contributed by atoms with Gasteiger partial charge in [-0.1, -0.05) is 22.0 Å². The van der Waals surface area contributed by atoms with E-state index in [1.165, 1.54) is 0 Å². The van der Waals surface area contributed by atoms with E-state index in [0.29, 0.717) is 11.5 Å². The van der Waals surface area contributed by atoms with E-state index >= 15 is 0 Å². The number of aryl methyl sites for hydroxylation is 1. The van der Waals surface area contributed by atoms with E-state index in [0.717, 1.165) is 21.2 Å². The Kier molecular flexibility index (Phi) is 4.68. The molecule has 0 saturated carbocycles. The fraction of sp³-hybridized carbons (Fsp3) is 0.250. The Bertz CT molecular complexity index is 588. The number of methoxy groups -OCH3 is 2. The van der Waals surface area contributed by atoms with Gasteiger partial charge in [0.2, 0.25) is 0 Å². The van der Waals surface area contributed by atoms with Crippen LogP contribution in [0.3, 0.4) is 0 Å². The zero-order valence-electron chi connectivity index (χ0n) is 11.7.